The van der Waals surface area contributed by atoms with Gasteiger partial charge >= 0.3 is 0 Å². The maximum Gasteiger partial charge on any atom is 0.239 e. The summed E-state index contributed by atoms with van der Waals surface area (Å²) >= 11 is 0. The van der Waals surface area contributed by atoms with Crippen molar-refractivity contribution in [3.8, 4) is 6.07 Å². The fourth-order valence-electron chi connectivity index (χ4n) is 1.55. The van der Waals surface area contributed by atoms with Crippen LogP contribution in [0.15, 0.2) is 18.2 Å². The minimum absolute atomic E-state index is 0.214. The Morgan fingerprint density at radius 3 is 2.56 bits per heavy atom. The van der Waals surface area contributed by atoms with Crippen molar-refractivity contribution >= 4 is 5.91 Å². The number of hydrogen-bond acceptors (Lipinski definition) is 2. The van der Waals surface area contributed by atoms with Gasteiger partial charge in [-0.2, -0.15) is 5.26 Å². The van der Waals surface area contributed by atoms with Gasteiger partial charge in [-0.1, -0.05) is 18.2 Å². The molecule has 0 aromatic heterocycles. The van der Waals surface area contributed by atoms with Crippen LogP contribution in [0.2, 0.25) is 0 Å². The first-order valence-electron chi connectivity index (χ1n) is 6.12. The lowest BCUT2D eigenvalue weighted by Crippen LogP contribution is -2.36. The summed E-state index contributed by atoms with van der Waals surface area (Å²) in [6.45, 7) is 7.97. The second-order valence-corrected chi connectivity index (χ2v) is 5.16. The van der Waals surface area contributed by atoms with Crippen molar-refractivity contribution in [1.82, 2.24) is 5.32 Å². The van der Waals surface area contributed by atoms with Gasteiger partial charge in [-0.05, 0) is 50.8 Å². The molecule has 96 valence electrons. The number of nitrogens with zero attached hydrogens (tertiary/aromatic N) is 1. The van der Waals surface area contributed by atoms with Crippen LogP contribution in [0.4, 0.5) is 0 Å². The molecule has 0 atom stereocenters. The van der Waals surface area contributed by atoms with Crippen molar-refractivity contribution < 1.29 is 4.79 Å². The van der Waals surface area contributed by atoms with E-state index in [0.717, 1.165) is 6.42 Å². The van der Waals surface area contributed by atoms with Crippen molar-refractivity contribution in [3.05, 3.63) is 34.9 Å². The first-order valence-corrected chi connectivity index (χ1v) is 6.12. The number of carbonyl (C=O) groups is 1. The van der Waals surface area contributed by atoms with E-state index in [2.05, 4.69) is 37.4 Å². The predicted octanol–water partition coefficient (Wildman–Crippen LogP) is 2.51. The Kier molecular flexibility index (Phi) is 4.49. The molecule has 0 bridgehead atoms. The van der Waals surface area contributed by atoms with Crippen LogP contribution in [-0.4, -0.2) is 12.5 Å². The number of nitriles is 1. The molecule has 0 fully saturated rings. The first kappa shape index (κ1) is 14.2. The zero-order chi connectivity index (χ0) is 13.8. The molecule has 1 amide bonds. The molecular formula is C15H20N2O. The van der Waals surface area contributed by atoms with Crippen LogP contribution >= 0.6 is 0 Å². The van der Waals surface area contributed by atoms with E-state index in [1.165, 1.54) is 16.7 Å². The Hall–Kier alpha value is -1.82. The van der Waals surface area contributed by atoms with Crippen LogP contribution in [0, 0.1) is 30.6 Å². The van der Waals surface area contributed by atoms with Crippen LogP contribution in [0.25, 0.3) is 0 Å². The lowest BCUT2D eigenvalue weighted by Gasteiger charge is -2.15. The van der Waals surface area contributed by atoms with E-state index in [1.54, 1.807) is 13.8 Å². The zero-order valence-electron chi connectivity index (χ0n) is 11.5. The summed E-state index contributed by atoms with van der Waals surface area (Å²) in [5.74, 6) is -0.214. The molecule has 0 unspecified atom stereocenters. The second-order valence-electron chi connectivity index (χ2n) is 5.16. The Morgan fingerprint density at radius 2 is 2.00 bits per heavy atom. The van der Waals surface area contributed by atoms with Gasteiger partial charge in [-0.25, -0.2) is 0 Å². The molecular weight excluding hydrogens is 224 g/mol. The summed E-state index contributed by atoms with van der Waals surface area (Å²) in [4.78, 5) is 11.7. The summed E-state index contributed by atoms with van der Waals surface area (Å²) < 4.78 is 0. The molecule has 1 aromatic rings. The smallest absolute Gasteiger partial charge is 0.239 e. The number of amides is 1. The van der Waals surface area contributed by atoms with E-state index in [-0.39, 0.29) is 5.91 Å². The fourth-order valence-corrected chi connectivity index (χ4v) is 1.55. The monoisotopic (exact) mass is 244 g/mol. The lowest BCUT2D eigenvalue weighted by atomic mass is 9.94. The Morgan fingerprint density at radius 1 is 1.33 bits per heavy atom. The highest BCUT2D eigenvalue weighted by Gasteiger charge is 2.26. The van der Waals surface area contributed by atoms with E-state index < -0.39 is 5.41 Å². The molecule has 0 saturated carbocycles. The Labute approximate surface area is 109 Å². The fraction of sp³-hybridized carbons (Fsp3) is 0.467. The average molecular weight is 244 g/mol. The van der Waals surface area contributed by atoms with Crippen molar-refractivity contribution in [3.63, 3.8) is 0 Å². The second kappa shape index (κ2) is 5.68. The number of aryl methyl sites for hydroxylation is 2. The maximum atomic E-state index is 11.7. The number of carbonyl (C=O) groups excluding carboxylic acids is 1. The molecule has 0 aliphatic carbocycles. The number of nitrogens with one attached hydrogen (secondary N) is 1. The summed E-state index contributed by atoms with van der Waals surface area (Å²) in [7, 11) is 0. The molecule has 1 aromatic carbocycles. The Balaban J connectivity index is 2.50. The number of hydrogen-bond donors (Lipinski definition) is 1. The van der Waals surface area contributed by atoms with Gasteiger partial charge in [0.05, 0.1) is 6.07 Å². The van der Waals surface area contributed by atoms with E-state index in [0.29, 0.717) is 6.54 Å². The van der Waals surface area contributed by atoms with E-state index in [9.17, 15) is 4.79 Å². The van der Waals surface area contributed by atoms with Crippen LogP contribution < -0.4 is 5.32 Å². The summed E-state index contributed by atoms with van der Waals surface area (Å²) in [5.41, 5.74) is 2.78. The molecule has 1 N–H and O–H groups in total. The molecule has 0 saturated heterocycles. The van der Waals surface area contributed by atoms with Gasteiger partial charge in [0, 0.05) is 6.54 Å². The van der Waals surface area contributed by atoms with Crippen LogP contribution in [0.3, 0.4) is 0 Å². The third-order valence-corrected chi connectivity index (χ3v) is 3.12. The molecule has 0 spiro atoms. The zero-order valence-corrected chi connectivity index (χ0v) is 11.5. The first-order chi connectivity index (χ1) is 8.36. The highest BCUT2D eigenvalue weighted by Crippen LogP contribution is 2.13. The van der Waals surface area contributed by atoms with Gasteiger partial charge in [0.15, 0.2) is 0 Å². The van der Waals surface area contributed by atoms with Gasteiger partial charge in [0.2, 0.25) is 5.91 Å². The number of rotatable bonds is 4. The molecule has 18 heavy (non-hydrogen) atoms. The summed E-state index contributed by atoms with van der Waals surface area (Å²) in [5, 5.41) is 11.6. The van der Waals surface area contributed by atoms with Crippen LogP contribution in [-0.2, 0) is 11.2 Å². The highest BCUT2D eigenvalue weighted by atomic mass is 16.2. The standard InChI is InChI=1S/C15H20N2O/c1-11-5-6-13(9-12(11)2)7-8-17-14(18)15(3,4)10-16/h5-6,9H,7-8H2,1-4H3,(H,17,18). The van der Waals surface area contributed by atoms with Gasteiger partial charge in [-0.3, -0.25) is 4.79 Å². The van der Waals surface area contributed by atoms with Crippen LogP contribution in [0.1, 0.15) is 30.5 Å². The third kappa shape index (κ3) is 3.59. The molecule has 0 heterocycles. The van der Waals surface area contributed by atoms with Gasteiger partial charge < -0.3 is 5.32 Å². The van der Waals surface area contributed by atoms with Gasteiger partial charge in [0.1, 0.15) is 5.41 Å². The molecule has 0 radical (unpaired) electrons. The van der Waals surface area contributed by atoms with E-state index in [4.69, 9.17) is 5.26 Å². The highest BCUT2D eigenvalue weighted by molar-refractivity contribution is 5.84. The number of benzene rings is 1. The molecule has 0 aliphatic rings. The van der Waals surface area contributed by atoms with Crippen molar-refractivity contribution in [2.24, 2.45) is 5.41 Å². The molecule has 3 heteroatoms. The largest absolute Gasteiger partial charge is 0.354 e. The van der Waals surface area contributed by atoms with Gasteiger partial charge in [-0.15, -0.1) is 0 Å². The lowest BCUT2D eigenvalue weighted by molar-refractivity contribution is -0.126. The SMILES string of the molecule is Cc1ccc(CCNC(=O)C(C)(C)C#N)cc1C. The predicted molar refractivity (Wildman–Crippen MR) is 72.0 cm³/mol. The molecule has 0 aliphatic heterocycles. The minimum Gasteiger partial charge on any atom is -0.354 e. The molecule has 3 nitrogen and oxygen atoms in total. The topological polar surface area (TPSA) is 52.9 Å². The molecule has 1 rings (SSSR count). The minimum atomic E-state index is -0.955. The maximum absolute atomic E-state index is 11.7. The van der Waals surface area contributed by atoms with Crippen molar-refractivity contribution in [2.75, 3.05) is 6.54 Å². The van der Waals surface area contributed by atoms with Crippen LogP contribution in [0.5, 0.6) is 0 Å². The van der Waals surface area contributed by atoms with Crippen molar-refractivity contribution in [1.29, 1.82) is 5.26 Å². The normalized spacial score (nSPS) is 10.8. The third-order valence-electron chi connectivity index (χ3n) is 3.12. The van der Waals surface area contributed by atoms with Gasteiger partial charge in [0.25, 0.3) is 0 Å². The van der Waals surface area contributed by atoms with E-state index in [1.807, 2.05) is 6.07 Å². The summed E-state index contributed by atoms with van der Waals surface area (Å²) in [6.07, 6.45) is 0.786. The van der Waals surface area contributed by atoms with Crippen molar-refractivity contribution in [2.45, 2.75) is 34.1 Å². The Bertz CT molecular complexity index is 484. The van der Waals surface area contributed by atoms with E-state index >= 15 is 0 Å². The quantitative estimate of drug-likeness (QED) is 0.884. The average Bonchev–Trinajstić information content (AvgIpc) is 2.33. The summed E-state index contributed by atoms with van der Waals surface area (Å²) in [6, 6.07) is 8.29.